The molecule has 4 nitrogen and oxygen atoms in total. The van der Waals surface area contributed by atoms with Crippen LogP contribution in [0, 0.1) is 5.82 Å². The molecule has 27 heavy (non-hydrogen) atoms. The van der Waals surface area contributed by atoms with Gasteiger partial charge in [-0.3, -0.25) is 4.79 Å². The Balaban J connectivity index is 1.49. The molecule has 1 aromatic heterocycles. The molecule has 0 fully saturated rings. The molecule has 138 valence electrons. The molecule has 2 heterocycles. The zero-order chi connectivity index (χ0) is 18.8. The predicted octanol–water partition coefficient (Wildman–Crippen LogP) is 4.98. The van der Waals surface area contributed by atoms with E-state index in [0.29, 0.717) is 11.5 Å². The number of halogens is 1. The molecule has 0 saturated carbocycles. The quantitative estimate of drug-likeness (QED) is 0.655. The number of anilines is 1. The van der Waals surface area contributed by atoms with E-state index in [1.165, 1.54) is 17.7 Å². The third-order valence-corrected chi connectivity index (χ3v) is 4.81. The van der Waals surface area contributed by atoms with Gasteiger partial charge in [0.2, 0.25) is 0 Å². The van der Waals surface area contributed by atoms with Gasteiger partial charge >= 0.3 is 0 Å². The molecule has 0 bridgehead atoms. The minimum atomic E-state index is -0.316. The van der Waals surface area contributed by atoms with E-state index in [2.05, 4.69) is 13.0 Å². The Labute approximate surface area is 157 Å². The highest BCUT2D eigenvalue weighted by Crippen LogP contribution is 2.32. The third kappa shape index (κ3) is 3.58. The van der Waals surface area contributed by atoms with Crippen LogP contribution in [0.5, 0.6) is 5.75 Å². The van der Waals surface area contributed by atoms with Gasteiger partial charge in [-0.05, 0) is 67.8 Å². The minimum absolute atomic E-state index is 0.108. The Hall–Kier alpha value is -3.08. The van der Waals surface area contributed by atoms with E-state index in [9.17, 15) is 9.18 Å². The van der Waals surface area contributed by atoms with Crippen LogP contribution in [-0.4, -0.2) is 11.9 Å². The number of benzene rings is 2. The van der Waals surface area contributed by atoms with Crippen LogP contribution in [-0.2, 0) is 13.0 Å². The molecule has 3 aromatic rings. The number of furan rings is 1. The molecular weight excluding hydrogens is 345 g/mol. The van der Waals surface area contributed by atoms with Gasteiger partial charge in [0, 0.05) is 11.7 Å². The van der Waals surface area contributed by atoms with Gasteiger partial charge in [0.1, 0.15) is 23.9 Å². The number of carbonyl (C=O) groups is 1. The number of aryl methyl sites for hydroxylation is 1. The lowest BCUT2D eigenvalue weighted by atomic mass is 9.96. The minimum Gasteiger partial charge on any atom is -0.486 e. The number of rotatable bonds is 4. The Kier molecular flexibility index (Phi) is 4.67. The number of hydrogen-bond donors (Lipinski definition) is 0. The van der Waals surface area contributed by atoms with Crippen LogP contribution in [0.1, 0.15) is 35.2 Å². The van der Waals surface area contributed by atoms with E-state index in [0.717, 1.165) is 18.5 Å². The molecule has 0 aliphatic carbocycles. The zero-order valence-electron chi connectivity index (χ0n) is 15.0. The number of ether oxygens (including phenoxy) is 1. The number of amides is 1. The Morgan fingerprint density at radius 1 is 1.15 bits per heavy atom. The average Bonchev–Trinajstić information content (AvgIpc) is 3.16. The van der Waals surface area contributed by atoms with Crippen molar-refractivity contribution >= 4 is 11.6 Å². The van der Waals surface area contributed by atoms with E-state index in [1.54, 1.807) is 24.3 Å². The molecule has 1 atom stereocenters. The highest BCUT2D eigenvalue weighted by atomic mass is 19.1. The first-order valence-electron chi connectivity index (χ1n) is 9.00. The van der Waals surface area contributed by atoms with Crippen molar-refractivity contribution in [3.63, 3.8) is 0 Å². The van der Waals surface area contributed by atoms with E-state index in [4.69, 9.17) is 9.15 Å². The molecule has 1 aliphatic heterocycles. The van der Waals surface area contributed by atoms with Crippen molar-refractivity contribution in [3.8, 4) is 5.75 Å². The smallest absolute Gasteiger partial charge is 0.294 e. The van der Waals surface area contributed by atoms with E-state index >= 15 is 0 Å². The van der Waals surface area contributed by atoms with Crippen LogP contribution in [0.15, 0.2) is 65.1 Å². The van der Waals surface area contributed by atoms with Crippen LogP contribution in [0.3, 0.4) is 0 Å². The van der Waals surface area contributed by atoms with Crippen molar-refractivity contribution in [2.45, 2.75) is 32.4 Å². The second-order valence-corrected chi connectivity index (χ2v) is 6.70. The number of para-hydroxylation sites is 1. The van der Waals surface area contributed by atoms with Crippen LogP contribution in [0.4, 0.5) is 10.1 Å². The summed E-state index contributed by atoms with van der Waals surface area (Å²) in [6, 6.07) is 17.3. The van der Waals surface area contributed by atoms with E-state index < -0.39 is 0 Å². The summed E-state index contributed by atoms with van der Waals surface area (Å²) in [7, 11) is 0. The lowest BCUT2D eigenvalue weighted by Gasteiger charge is -2.34. The fourth-order valence-electron chi connectivity index (χ4n) is 3.37. The van der Waals surface area contributed by atoms with Crippen molar-refractivity contribution in [2.24, 2.45) is 0 Å². The average molecular weight is 365 g/mol. The van der Waals surface area contributed by atoms with E-state index in [-0.39, 0.29) is 30.1 Å². The number of carbonyl (C=O) groups excluding carboxylic acids is 1. The molecular formula is C22H20FNO3. The van der Waals surface area contributed by atoms with Crippen molar-refractivity contribution in [1.82, 2.24) is 0 Å². The largest absolute Gasteiger partial charge is 0.486 e. The normalized spacial score (nSPS) is 16.1. The van der Waals surface area contributed by atoms with Gasteiger partial charge in [-0.15, -0.1) is 0 Å². The van der Waals surface area contributed by atoms with Crippen LogP contribution in [0.2, 0.25) is 0 Å². The first-order valence-corrected chi connectivity index (χ1v) is 9.00. The summed E-state index contributed by atoms with van der Waals surface area (Å²) in [6.45, 7) is 2.22. The molecule has 5 heteroatoms. The SMILES string of the molecule is CC1CCc2ccccc2N1C(=O)c1ccc(COc2ccc(F)cc2)o1. The van der Waals surface area contributed by atoms with Crippen molar-refractivity contribution < 1.29 is 18.3 Å². The first-order chi connectivity index (χ1) is 13.1. The maximum atomic E-state index is 13.0. The van der Waals surface area contributed by atoms with Crippen LogP contribution in [0.25, 0.3) is 0 Å². The summed E-state index contributed by atoms with van der Waals surface area (Å²) in [5.74, 6) is 0.906. The summed E-state index contributed by atoms with van der Waals surface area (Å²) in [6.07, 6.45) is 1.89. The van der Waals surface area contributed by atoms with Gasteiger partial charge in [-0.1, -0.05) is 18.2 Å². The van der Waals surface area contributed by atoms with Gasteiger partial charge in [0.25, 0.3) is 5.91 Å². The maximum Gasteiger partial charge on any atom is 0.294 e. The standard InChI is InChI=1S/C22H20FNO3/c1-15-6-7-16-4-2-3-5-20(16)24(15)22(25)21-13-12-19(27-21)14-26-18-10-8-17(23)9-11-18/h2-5,8-13,15H,6-7,14H2,1H3. The van der Waals surface area contributed by atoms with Gasteiger partial charge < -0.3 is 14.1 Å². The molecule has 1 aliphatic rings. The van der Waals surface area contributed by atoms with Crippen LogP contribution < -0.4 is 9.64 Å². The van der Waals surface area contributed by atoms with Crippen molar-refractivity contribution in [2.75, 3.05) is 4.90 Å². The van der Waals surface area contributed by atoms with Crippen LogP contribution >= 0.6 is 0 Å². The van der Waals surface area contributed by atoms with Crippen molar-refractivity contribution in [3.05, 3.63) is 83.6 Å². The Morgan fingerprint density at radius 2 is 1.93 bits per heavy atom. The van der Waals surface area contributed by atoms with Crippen molar-refractivity contribution in [1.29, 1.82) is 0 Å². The molecule has 0 N–H and O–H groups in total. The van der Waals surface area contributed by atoms with Gasteiger partial charge in [-0.2, -0.15) is 0 Å². The lowest BCUT2D eigenvalue weighted by Crippen LogP contribution is -2.42. The highest BCUT2D eigenvalue weighted by Gasteiger charge is 2.30. The van der Waals surface area contributed by atoms with E-state index in [1.807, 2.05) is 23.1 Å². The number of nitrogens with zero attached hydrogens (tertiary/aromatic N) is 1. The summed E-state index contributed by atoms with van der Waals surface area (Å²) >= 11 is 0. The Morgan fingerprint density at radius 3 is 2.74 bits per heavy atom. The molecule has 1 amide bonds. The molecule has 2 aromatic carbocycles. The summed E-state index contributed by atoms with van der Waals surface area (Å²) in [5, 5.41) is 0. The fourth-order valence-corrected chi connectivity index (χ4v) is 3.37. The number of hydrogen-bond acceptors (Lipinski definition) is 3. The monoisotopic (exact) mass is 365 g/mol. The lowest BCUT2D eigenvalue weighted by molar-refractivity contribution is 0.0944. The zero-order valence-corrected chi connectivity index (χ0v) is 15.0. The highest BCUT2D eigenvalue weighted by molar-refractivity contribution is 6.05. The topological polar surface area (TPSA) is 42.7 Å². The van der Waals surface area contributed by atoms with Gasteiger partial charge in [0.05, 0.1) is 0 Å². The fraction of sp³-hybridized carbons (Fsp3) is 0.227. The number of fused-ring (bicyclic) bond motifs is 1. The molecule has 0 radical (unpaired) electrons. The predicted molar refractivity (Wildman–Crippen MR) is 100 cm³/mol. The second-order valence-electron chi connectivity index (χ2n) is 6.70. The summed E-state index contributed by atoms with van der Waals surface area (Å²) < 4.78 is 24.2. The summed E-state index contributed by atoms with van der Waals surface area (Å²) in [5.41, 5.74) is 2.12. The second kappa shape index (κ2) is 7.27. The maximum absolute atomic E-state index is 13.0. The van der Waals surface area contributed by atoms with Gasteiger partial charge in [0.15, 0.2) is 5.76 Å². The Bertz CT molecular complexity index is 948. The molecule has 0 saturated heterocycles. The molecule has 0 spiro atoms. The van der Waals surface area contributed by atoms with Gasteiger partial charge in [-0.25, -0.2) is 4.39 Å². The third-order valence-electron chi connectivity index (χ3n) is 4.81. The summed E-state index contributed by atoms with van der Waals surface area (Å²) in [4.78, 5) is 14.9. The first kappa shape index (κ1) is 17.3. The molecule has 1 unspecified atom stereocenters. The molecule has 4 rings (SSSR count).